The molecule has 0 aliphatic carbocycles. The largest absolute Gasteiger partial charge is 0.497 e. The van der Waals surface area contributed by atoms with E-state index in [0.29, 0.717) is 17.2 Å². The summed E-state index contributed by atoms with van der Waals surface area (Å²) in [4.78, 5) is 22.8. The number of hydrogen-bond donors (Lipinski definition) is 2. The molecule has 8 heteroatoms. The lowest BCUT2D eigenvalue weighted by Crippen LogP contribution is -2.24. The number of benzene rings is 2. The van der Waals surface area contributed by atoms with Crippen LogP contribution in [0.15, 0.2) is 72.0 Å². The van der Waals surface area contributed by atoms with Crippen LogP contribution in [-0.4, -0.2) is 41.5 Å². The number of nitrogens with one attached hydrogen (secondary N) is 1. The second kappa shape index (κ2) is 9.23. The first-order valence-electron chi connectivity index (χ1n) is 8.66. The maximum absolute atomic E-state index is 11.9. The molecule has 0 radical (unpaired) electrons. The van der Waals surface area contributed by atoms with E-state index < -0.39 is 11.9 Å². The van der Waals surface area contributed by atoms with Gasteiger partial charge in [-0.05, 0) is 60.7 Å². The van der Waals surface area contributed by atoms with Gasteiger partial charge in [-0.1, -0.05) is 0 Å². The van der Waals surface area contributed by atoms with E-state index in [0.717, 1.165) is 5.69 Å². The fourth-order valence-electron chi connectivity index (χ4n) is 2.52. The third kappa shape index (κ3) is 5.23. The number of nitrogens with zero attached hydrogens (tertiary/aromatic N) is 2. The second-order valence-corrected chi connectivity index (χ2v) is 5.91. The summed E-state index contributed by atoms with van der Waals surface area (Å²) in [7, 11) is 1.57. The molecule has 1 aromatic heterocycles. The van der Waals surface area contributed by atoms with E-state index >= 15 is 0 Å². The maximum Gasteiger partial charge on any atom is 0.335 e. The molecular formula is C21H19N3O5. The van der Waals surface area contributed by atoms with Gasteiger partial charge in [-0.3, -0.25) is 4.79 Å². The first-order chi connectivity index (χ1) is 14.1. The van der Waals surface area contributed by atoms with Crippen molar-refractivity contribution in [2.24, 2.45) is 5.10 Å². The molecule has 0 aliphatic heterocycles. The van der Waals surface area contributed by atoms with Gasteiger partial charge in [0.2, 0.25) is 0 Å². The van der Waals surface area contributed by atoms with Crippen molar-refractivity contribution in [3.05, 3.63) is 78.1 Å². The summed E-state index contributed by atoms with van der Waals surface area (Å²) in [5, 5.41) is 12.9. The van der Waals surface area contributed by atoms with Crippen LogP contribution in [0.5, 0.6) is 11.5 Å². The molecule has 1 amide bonds. The van der Waals surface area contributed by atoms with E-state index in [4.69, 9.17) is 14.6 Å². The van der Waals surface area contributed by atoms with Crippen LogP contribution in [0.2, 0.25) is 0 Å². The number of carboxylic acids is 1. The predicted octanol–water partition coefficient (Wildman–Crippen LogP) is 2.71. The lowest BCUT2D eigenvalue weighted by Gasteiger charge is -2.07. The number of hydrogen-bond acceptors (Lipinski definition) is 5. The Balaban J connectivity index is 1.55. The highest BCUT2D eigenvalue weighted by Crippen LogP contribution is 2.17. The Morgan fingerprint density at radius 1 is 1.07 bits per heavy atom. The highest BCUT2D eigenvalue weighted by molar-refractivity contribution is 5.88. The van der Waals surface area contributed by atoms with Crippen molar-refractivity contribution in [3.63, 3.8) is 0 Å². The number of carboxylic acid groups (broad SMARTS) is 1. The average molecular weight is 393 g/mol. The second-order valence-electron chi connectivity index (χ2n) is 5.91. The molecule has 2 N–H and O–H groups in total. The van der Waals surface area contributed by atoms with E-state index in [1.807, 2.05) is 22.9 Å². The van der Waals surface area contributed by atoms with Crippen molar-refractivity contribution in [2.75, 3.05) is 13.7 Å². The van der Waals surface area contributed by atoms with Gasteiger partial charge >= 0.3 is 5.97 Å². The molecular weight excluding hydrogens is 374 g/mol. The molecule has 0 aliphatic rings. The Morgan fingerprint density at radius 3 is 2.41 bits per heavy atom. The zero-order chi connectivity index (χ0) is 20.6. The Kier molecular flexibility index (Phi) is 6.26. The summed E-state index contributed by atoms with van der Waals surface area (Å²) in [5.41, 5.74) is 4.10. The quantitative estimate of drug-likeness (QED) is 0.453. The molecule has 0 saturated carbocycles. The Labute approximate surface area is 167 Å². The van der Waals surface area contributed by atoms with E-state index in [1.54, 1.807) is 43.5 Å². The van der Waals surface area contributed by atoms with Crippen LogP contribution in [0.4, 0.5) is 0 Å². The third-order valence-electron chi connectivity index (χ3n) is 3.99. The number of methoxy groups -OCH3 is 1. The van der Waals surface area contributed by atoms with Crippen LogP contribution in [0.3, 0.4) is 0 Å². The minimum atomic E-state index is -0.981. The number of rotatable bonds is 8. The molecule has 8 nitrogen and oxygen atoms in total. The molecule has 2 aromatic carbocycles. The Bertz CT molecular complexity index is 1010. The summed E-state index contributed by atoms with van der Waals surface area (Å²) in [6, 6.07) is 17.0. The first kappa shape index (κ1) is 19.7. The molecule has 0 atom stereocenters. The normalized spacial score (nSPS) is 10.7. The number of amides is 1. The molecule has 3 rings (SSSR count). The van der Waals surface area contributed by atoms with Crippen molar-refractivity contribution in [3.8, 4) is 17.2 Å². The van der Waals surface area contributed by atoms with Gasteiger partial charge in [-0.15, -0.1) is 0 Å². The predicted molar refractivity (Wildman–Crippen MR) is 107 cm³/mol. The van der Waals surface area contributed by atoms with E-state index in [1.165, 1.54) is 18.3 Å². The number of hydrazone groups is 1. The van der Waals surface area contributed by atoms with Crippen LogP contribution in [0, 0.1) is 0 Å². The molecule has 0 saturated heterocycles. The van der Waals surface area contributed by atoms with Gasteiger partial charge in [-0.2, -0.15) is 5.10 Å². The topological polar surface area (TPSA) is 102 Å². The van der Waals surface area contributed by atoms with Crippen molar-refractivity contribution < 1.29 is 24.2 Å². The van der Waals surface area contributed by atoms with Gasteiger partial charge in [0.25, 0.3) is 5.91 Å². The average Bonchev–Trinajstić information content (AvgIpc) is 3.21. The summed E-state index contributed by atoms with van der Waals surface area (Å²) in [5.74, 6) is -0.137. The fraction of sp³-hybridized carbons (Fsp3) is 0.0952. The molecule has 3 aromatic rings. The van der Waals surface area contributed by atoms with Crippen molar-refractivity contribution >= 4 is 18.1 Å². The number of aromatic nitrogens is 1. The monoisotopic (exact) mass is 393 g/mol. The lowest BCUT2D eigenvalue weighted by atomic mass is 10.2. The minimum absolute atomic E-state index is 0.179. The van der Waals surface area contributed by atoms with Gasteiger partial charge in [0.05, 0.1) is 24.6 Å². The SMILES string of the molecule is COc1ccc(OCC(=O)N/N=C/c2cccn2-c2ccc(C(=O)O)cc2)cc1. The molecule has 0 bridgehead atoms. The zero-order valence-electron chi connectivity index (χ0n) is 15.6. The van der Waals surface area contributed by atoms with E-state index in [9.17, 15) is 9.59 Å². The van der Waals surface area contributed by atoms with Crippen molar-refractivity contribution in [2.45, 2.75) is 0 Å². The number of carbonyl (C=O) groups excluding carboxylic acids is 1. The fourth-order valence-corrected chi connectivity index (χ4v) is 2.52. The van der Waals surface area contributed by atoms with Gasteiger partial charge in [-0.25, -0.2) is 10.2 Å². The van der Waals surface area contributed by atoms with Crippen LogP contribution < -0.4 is 14.9 Å². The summed E-state index contributed by atoms with van der Waals surface area (Å²) >= 11 is 0. The van der Waals surface area contributed by atoms with Gasteiger partial charge in [0, 0.05) is 11.9 Å². The van der Waals surface area contributed by atoms with Crippen LogP contribution in [-0.2, 0) is 4.79 Å². The molecule has 148 valence electrons. The van der Waals surface area contributed by atoms with Gasteiger partial charge in [0.1, 0.15) is 11.5 Å². The number of carbonyl (C=O) groups is 2. The Hall–Kier alpha value is -4.07. The molecule has 29 heavy (non-hydrogen) atoms. The highest BCUT2D eigenvalue weighted by Gasteiger charge is 2.06. The van der Waals surface area contributed by atoms with Gasteiger partial charge < -0.3 is 19.1 Å². The van der Waals surface area contributed by atoms with E-state index in [2.05, 4.69) is 10.5 Å². The van der Waals surface area contributed by atoms with Crippen LogP contribution in [0.25, 0.3) is 5.69 Å². The van der Waals surface area contributed by atoms with Gasteiger partial charge in [0.15, 0.2) is 6.61 Å². The third-order valence-corrected chi connectivity index (χ3v) is 3.99. The lowest BCUT2D eigenvalue weighted by molar-refractivity contribution is -0.123. The zero-order valence-corrected chi connectivity index (χ0v) is 15.6. The Morgan fingerprint density at radius 2 is 1.76 bits per heavy atom. The summed E-state index contributed by atoms with van der Waals surface area (Å²) < 4.78 is 12.3. The number of aromatic carboxylic acids is 1. The molecule has 0 unspecified atom stereocenters. The van der Waals surface area contributed by atoms with Crippen molar-refractivity contribution in [1.29, 1.82) is 0 Å². The van der Waals surface area contributed by atoms with Crippen molar-refractivity contribution in [1.82, 2.24) is 9.99 Å². The summed E-state index contributed by atoms with van der Waals surface area (Å²) in [6.07, 6.45) is 3.31. The van der Waals surface area contributed by atoms with E-state index in [-0.39, 0.29) is 12.2 Å². The molecule has 0 fully saturated rings. The standard InChI is InChI=1S/C21H19N3O5/c1-28-18-8-10-19(11-9-18)29-14-20(25)23-22-13-17-3-2-12-24(17)16-6-4-15(5-7-16)21(26)27/h2-13H,14H2,1H3,(H,23,25)(H,26,27)/b22-13+. The van der Waals surface area contributed by atoms with Crippen LogP contribution >= 0.6 is 0 Å². The molecule has 1 heterocycles. The summed E-state index contributed by atoms with van der Waals surface area (Å²) in [6.45, 7) is -0.179. The smallest absolute Gasteiger partial charge is 0.335 e. The minimum Gasteiger partial charge on any atom is -0.497 e. The first-order valence-corrected chi connectivity index (χ1v) is 8.66. The number of ether oxygens (including phenoxy) is 2. The van der Waals surface area contributed by atoms with Crippen LogP contribution in [0.1, 0.15) is 16.1 Å². The maximum atomic E-state index is 11.9. The highest BCUT2D eigenvalue weighted by atomic mass is 16.5. The molecule has 0 spiro atoms.